The first-order valence-corrected chi connectivity index (χ1v) is 9.40. The highest BCUT2D eigenvalue weighted by Crippen LogP contribution is 2.19. The van der Waals surface area contributed by atoms with E-state index in [4.69, 9.17) is 21.1 Å². The first-order chi connectivity index (χ1) is 11.3. The molecule has 1 amide bonds. The first kappa shape index (κ1) is 19.1. The van der Waals surface area contributed by atoms with Crippen molar-refractivity contribution >= 4 is 27.5 Å². The largest absolute Gasteiger partial charge is 0.376 e. The van der Waals surface area contributed by atoms with Gasteiger partial charge >= 0.3 is 0 Å². The van der Waals surface area contributed by atoms with Crippen molar-refractivity contribution in [3.05, 3.63) is 29.0 Å². The van der Waals surface area contributed by atoms with Crippen molar-refractivity contribution in [2.75, 3.05) is 13.2 Å². The third kappa shape index (κ3) is 5.14. The highest BCUT2D eigenvalue weighted by Gasteiger charge is 2.26. The molecule has 1 fully saturated rings. The van der Waals surface area contributed by atoms with Gasteiger partial charge in [0, 0.05) is 11.6 Å². The second-order valence-electron chi connectivity index (χ2n) is 5.51. The molecule has 0 spiro atoms. The third-order valence-electron chi connectivity index (χ3n) is 3.59. The summed E-state index contributed by atoms with van der Waals surface area (Å²) >= 11 is 5.58. The molecule has 2 rings (SSSR count). The van der Waals surface area contributed by atoms with E-state index in [1.807, 2.05) is 0 Å². The Morgan fingerprint density at radius 1 is 1.50 bits per heavy atom. The number of hydrogen-bond donors (Lipinski definition) is 1. The molecule has 1 aliphatic rings. The summed E-state index contributed by atoms with van der Waals surface area (Å²) in [5.41, 5.74) is 0. The summed E-state index contributed by atoms with van der Waals surface area (Å²) in [5.74, 6) is -1.91. The number of ether oxygens (including phenoxy) is 2. The SMILES string of the molecule is C[C@H](OC[C@@H]1CCCCO1)C(=O)NS(=O)(=O)c1ccc(Cl)cc1F. The lowest BCUT2D eigenvalue weighted by Crippen LogP contribution is -2.40. The van der Waals surface area contributed by atoms with E-state index < -0.39 is 32.7 Å². The Kier molecular flexibility index (Phi) is 6.56. The zero-order chi connectivity index (χ0) is 17.7. The van der Waals surface area contributed by atoms with E-state index in [9.17, 15) is 17.6 Å². The van der Waals surface area contributed by atoms with Crippen LogP contribution < -0.4 is 4.72 Å². The second kappa shape index (κ2) is 8.24. The Balaban J connectivity index is 1.94. The number of halogens is 2. The lowest BCUT2D eigenvalue weighted by molar-refractivity contribution is -0.133. The van der Waals surface area contributed by atoms with Gasteiger partial charge in [0.25, 0.3) is 15.9 Å². The summed E-state index contributed by atoms with van der Waals surface area (Å²) in [6, 6.07) is 3.08. The number of nitrogens with one attached hydrogen (secondary N) is 1. The summed E-state index contributed by atoms with van der Waals surface area (Å²) in [7, 11) is -4.34. The van der Waals surface area contributed by atoms with Crippen LogP contribution in [0, 0.1) is 5.82 Å². The number of benzene rings is 1. The number of sulfonamides is 1. The molecule has 1 saturated heterocycles. The summed E-state index contributed by atoms with van der Waals surface area (Å²) in [6.07, 6.45) is 1.75. The minimum atomic E-state index is -4.34. The molecule has 0 aromatic heterocycles. The molecule has 1 aromatic rings. The van der Waals surface area contributed by atoms with E-state index in [1.165, 1.54) is 13.0 Å². The summed E-state index contributed by atoms with van der Waals surface area (Å²) in [5, 5.41) is 0.0574. The average Bonchev–Trinajstić information content (AvgIpc) is 2.52. The van der Waals surface area contributed by atoms with Crippen LogP contribution in [0.4, 0.5) is 4.39 Å². The Hall–Kier alpha value is -1.22. The predicted molar refractivity (Wildman–Crippen MR) is 85.7 cm³/mol. The van der Waals surface area contributed by atoms with Crippen LogP contribution in [-0.4, -0.2) is 39.7 Å². The lowest BCUT2D eigenvalue weighted by atomic mass is 10.1. The molecule has 1 heterocycles. The minimum Gasteiger partial charge on any atom is -0.376 e. The number of amides is 1. The van der Waals surface area contributed by atoms with Gasteiger partial charge < -0.3 is 9.47 Å². The average molecular weight is 380 g/mol. The fourth-order valence-corrected chi connectivity index (χ4v) is 3.49. The molecule has 1 aromatic carbocycles. The van der Waals surface area contributed by atoms with Gasteiger partial charge in [-0.3, -0.25) is 4.79 Å². The first-order valence-electron chi connectivity index (χ1n) is 7.54. The zero-order valence-electron chi connectivity index (χ0n) is 13.1. The number of carbonyl (C=O) groups is 1. The van der Waals surface area contributed by atoms with Crippen molar-refractivity contribution < 1.29 is 27.1 Å². The second-order valence-corrected chi connectivity index (χ2v) is 7.60. The smallest absolute Gasteiger partial charge is 0.267 e. The molecule has 2 atom stereocenters. The van der Waals surface area contributed by atoms with E-state index in [0.717, 1.165) is 31.4 Å². The third-order valence-corrected chi connectivity index (χ3v) is 5.21. The van der Waals surface area contributed by atoms with Crippen molar-refractivity contribution in [3.8, 4) is 0 Å². The van der Waals surface area contributed by atoms with Gasteiger partial charge in [-0.15, -0.1) is 0 Å². The van der Waals surface area contributed by atoms with Crippen LogP contribution in [0.3, 0.4) is 0 Å². The standard InChI is InChI=1S/C15H19ClFNO5S/c1-10(23-9-12-4-2-3-7-22-12)15(19)18-24(20,21)14-6-5-11(16)8-13(14)17/h5-6,8,10,12H,2-4,7,9H2,1H3,(H,18,19)/t10-,12-/m0/s1. The highest BCUT2D eigenvalue weighted by atomic mass is 35.5. The van der Waals surface area contributed by atoms with Crippen molar-refractivity contribution in [2.24, 2.45) is 0 Å². The molecule has 0 bridgehead atoms. The summed E-state index contributed by atoms with van der Waals surface area (Å²) < 4.78 is 50.5. The summed E-state index contributed by atoms with van der Waals surface area (Å²) in [6.45, 7) is 2.27. The van der Waals surface area contributed by atoms with Crippen LogP contribution in [0.2, 0.25) is 5.02 Å². The van der Waals surface area contributed by atoms with Crippen LogP contribution in [0.25, 0.3) is 0 Å². The maximum absolute atomic E-state index is 13.7. The number of rotatable bonds is 6. The maximum atomic E-state index is 13.7. The Bertz CT molecular complexity index is 691. The molecular formula is C15H19ClFNO5S. The fraction of sp³-hybridized carbons (Fsp3) is 0.533. The minimum absolute atomic E-state index is 0.0574. The predicted octanol–water partition coefficient (Wildman–Crippen LogP) is 2.26. The van der Waals surface area contributed by atoms with Crippen LogP contribution in [0.1, 0.15) is 26.2 Å². The molecule has 6 nitrogen and oxygen atoms in total. The van der Waals surface area contributed by atoms with E-state index in [-0.39, 0.29) is 17.7 Å². The van der Waals surface area contributed by atoms with E-state index in [0.29, 0.717) is 6.61 Å². The van der Waals surface area contributed by atoms with Crippen LogP contribution in [0.15, 0.2) is 23.1 Å². The van der Waals surface area contributed by atoms with E-state index >= 15 is 0 Å². The fourth-order valence-electron chi connectivity index (χ4n) is 2.23. The van der Waals surface area contributed by atoms with Crippen LogP contribution >= 0.6 is 11.6 Å². The Morgan fingerprint density at radius 3 is 2.88 bits per heavy atom. The number of hydrogen-bond acceptors (Lipinski definition) is 5. The zero-order valence-corrected chi connectivity index (χ0v) is 14.7. The molecule has 9 heteroatoms. The van der Waals surface area contributed by atoms with Gasteiger partial charge in [0.05, 0.1) is 12.7 Å². The number of carbonyl (C=O) groups excluding carboxylic acids is 1. The van der Waals surface area contributed by atoms with Gasteiger partial charge in [-0.1, -0.05) is 11.6 Å². The molecule has 0 unspecified atom stereocenters. The van der Waals surface area contributed by atoms with E-state index in [2.05, 4.69) is 0 Å². The molecule has 0 radical (unpaired) electrons. The van der Waals surface area contributed by atoms with Crippen LogP contribution in [0.5, 0.6) is 0 Å². The topological polar surface area (TPSA) is 81.7 Å². The molecule has 1 aliphatic heterocycles. The molecule has 1 N–H and O–H groups in total. The molecular weight excluding hydrogens is 361 g/mol. The van der Waals surface area contributed by atoms with Crippen molar-refractivity contribution in [1.82, 2.24) is 4.72 Å². The molecule has 0 saturated carbocycles. The normalized spacial score (nSPS) is 19.7. The van der Waals surface area contributed by atoms with Gasteiger partial charge in [0.2, 0.25) is 0 Å². The van der Waals surface area contributed by atoms with E-state index in [1.54, 1.807) is 4.72 Å². The molecule has 24 heavy (non-hydrogen) atoms. The van der Waals surface area contributed by atoms with Crippen molar-refractivity contribution in [3.63, 3.8) is 0 Å². The lowest BCUT2D eigenvalue weighted by Gasteiger charge is -2.23. The van der Waals surface area contributed by atoms with Gasteiger partial charge in [-0.25, -0.2) is 17.5 Å². The van der Waals surface area contributed by atoms with Crippen LogP contribution in [-0.2, 0) is 24.3 Å². The van der Waals surface area contributed by atoms with Crippen molar-refractivity contribution in [2.45, 2.75) is 43.3 Å². The maximum Gasteiger partial charge on any atom is 0.267 e. The van der Waals surface area contributed by atoms with Gasteiger partial charge in [0.1, 0.15) is 16.8 Å². The molecule has 134 valence electrons. The van der Waals surface area contributed by atoms with Gasteiger partial charge in [0.15, 0.2) is 0 Å². The quantitative estimate of drug-likeness (QED) is 0.819. The summed E-state index contributed by atoms with van der Waals surface area (Å²) in [4.78, 5) is 11.3. The van der Waals surface area contributed by atoms with Gasteiger partial charge in [-0.2, -0.15) is 0 Å². The Labute approximate surface area is 145 Å². The highest BCUT2D eigenvalue weighted by molar-refractivity contribution is 7.90. The molecule has 0 aliphatic carbocycles. The Morgan fingerprint density at radius 2 is 2.25 bits per heavy atom. The van der Waals surface area contributed by atoms with Gasteiger partial charge in [-0.05, 0) is 44.4 Å². The van der Waals surface area contributed by atoms with Crippen molar-refractivity contribution in [1.29, 1.82) is 0 Å². The monoisotopic (exact) mass is 379 g/mol.